The number of hydrogen-bond acceptors (Lipinski definition) is 3. The van der Waals surface area contributed by atoms with Crippen LogP contribution < -0.4 is 5.32 Å². The molecule has 3 nitrogen and oxygen atoms in total. The Morgan fingerprint density at radius 3 is 2.45 bits per heavy atom. The Morgan fingerprint density at radius 2 is 1.75 bits per heavy atom. The van der Waals surface area contributed by atoms with Crippen molar-refractivity contribution in [1.82, 2.24) is 10.2 Å². The quantitative estimate of drug-likeness (QED) is 0.838. The fourth-order valence-electron chi connectivity index (χ4n) is 4.49. The van der Waals surface area contributed by atoms with Crippen molar-refractivity contribution in [2.45, 2.75) is 70.5 Å². The SMILES string of the molecule is CCNCC1CCC(CN2CCC3(CCCC3)CC2)O1. The molecule has 2 aliphatic heterocycles. The van der Waals surface area contributed by atoms with Gasteiger partial charge in [0.05, 0.1) is 12.2 Å². The summed E-state index contributed by atoms with van der Waals surface area (Å²) in [4.78, 5) is 2.67. The summed E-state index contributed by atoms with van der Waals surface area (Å²) >= 11 is 0. The van der Waals surface area contributed by atoms with Gasteiger partial charge in [-0.05, 0) is 63.6 Å². The van der Waals surface area contributed by atoms with Crippen molar-refractivity contribution in [2.75, 3.05) is 32.7 Å². The molecule has 3 aliphatic rings. The highest BCUT2D eigenvalue weighted by Gasteiger charge is 2.37. The summed E-state index contributed by atoms with van der Waals surface area (Å²) in [7, 11) is 0. The molecule has 2 saturated heterocycles. The molecule has 0 aromatic heterocycles. The lowest BCUT2D eigenvalue weighted by Gasteiger charge is -2.40. The molecular weight excluding hydrogens is 248 g/mol. The zero-order chi connectivity index (χ0) is 13.8. The van der Waals surface area contributed by atoms with Crippen LogP contribution in [-0.4, -0.2) is 49.8 Å². The second-order valence-corrected chi connectivity index (χ2v) is 7.27. The Kier molecular flexibility index (Phi) is 5.00. The van der Waals surface area contributed by atoms with Crippen LogP contribution in [0.4, 0.5) is 0 Å². The van der Waals surface area contributed by atoms with Crippen molar-refractivity contribution in [3.05, 3.63) is 0 Å². The van der Waals surface area contributed by atoms with E-state index < -0.39 is 0 Å². The maximum absolute atomic E-state index is 6.18. The van der Waals surface area contributed by atoms with Crippen LogP contribution in [0.1, 0.15) is 58.3 Å². The summed E-state index contributed by atoms with van der Waals surface area (Å²) in [6.45, 7) is 8.07. The van der Waals surface area contributed by atoms with Gasteiger partial charge < -0.3 is 15.0 Å². The van der Waals surface area contributed by atoms with E-state index in [1.54, 1.807) is 0 Å². The van der Waals surface area contributed by atoms with Gasteiger partial charge in [-0.25, -0.2) is 0 Å². The highest BCUT2D eigenvalue weighted by atomic mass is 16.5. The zero-order valence-electron chi connectivity index (χ0n) is 13.2. The highest BCUT2D eigenvalue weighted by Crippen LogP contribution is 2.46. The van der Waals surface area contributed by atoms with Gasteiger partial charge in [-0.15, -0.1) is 0 Å². The average Bonchev–Trinajstić information content (AvgIpc) is 3.09. The molecule has 0 aromatic rings. The number of hydrogen-bond donors (Lipinski definition) is 1. The first kappa shape index (κ1) is 14.8. The van der Waals surface area contributed by atoms with E-state index in [1.807, 2.05) is 0 Å². The van der Waals surface area contributed by atoms with Crippen molar-refractivity contribution < 1.29 is 4.74 Å². The van der Waals surface area contributed by atoms with Gasteiger partial charge in [-0.3, -0.25) is 0 Å². The highest BCUT2D eigenvalue weighted by molar-refractivity contribution is 4.90. The average molecular weight is 280 g/mol. The van der Waals surface area contributed by atoms with Gasteiger partial charge in [-0.2, -0.15) is 0 Å². The Balaban J connectivity index is 1.37. The number of rotatable bonds is 5. The van der Waals surface area contributed by atoms with Crippen molar-refractivity contribution in [3.8, 4) is 0 Å². The fourth-order valence-corrected chi connectivity index (χ4v) is 4.49. The van der Waals surface area contributed by atoms with Gasteiger partial charge in [0.2, 0.25) is 0 Å². The monoisotopic (exact) mass is 280 g/mol. The van der Waals surface area contributed by atoms with Gasteiger partial charge in [0.15, 0.2) is 0 Å². The van der Waals surface area contributed by atoms with E-state index in [-0.39, 0.29) is 0 Å². The van der Waals surface area contributed by atoms with Crippen molar-refractivity contribution in [1.29, 1.82) is 0 Å². The first-order chi connectivity index (χ1) is 9.80. The normalized spacial score (nSPS) is 34.0. The molecule has 1 saturated carbocycles. The Bertz CT molecular complexity index is 291. The standard InChI is InChI=1S/C17H32N2O/c1-2-18-13-15-5-6-16(20-15)14-19-11-9-17(10-12-19)7-3-4-8-17/h15-16,18H,2-14H2,1H3. The van der Waals surface area contributed by atoms with E-state index in [9.17, 15) is 0 Å². The van der Waals surface area contributed by atoms with E-state index in [0.29, 0.717) is 12.2 Å². The van der Waals surface area contributed by atoms with Gasteiger partial charge in [-0.1, -0.05) is 19.8 Å². The third-order valence-corrected chi connectivity index (χ3v) is 5.86. The van der Waals surface area contributed by atoms with E-state index in [0.717, 1.165) is 18.5 Å². The molecule has 116 valence electrons. The van der Waals surface area contributed by atoms with Crippen LogP contribution in [0.15, 0.2) is 0 Å². The number of ether oxygens (including phenoxy) is 1. The number of piperidine rings is 1. The fraction of sp³-hybridized carbons (Fsp3) is 1.00. The minimum absolute atomic E-state index is 0.464. The third kappa shape index (κ3) is 3.55. The van der Waals surface area contributed by atoms with Gasteiger partial charge in [0, 0.05) is 13.1 Å². The maximum atomic E-state index is 6.18. The molecule has 1 spiro atoms. The summed E-state index contributed by atoms with van der Waals surface area (Å²) in [5.74, 6) is 0. The molecule has 20 heavy (non-hydrogen) atoms. The molecule has 2 atom stereocenters. The lowest BCUT2D eigenvalue weighted by Crippen LogP contribution is -2.42. The van der Waals surface area contributed by atoms with E-state index in [2.05, 4.69) is 17.1 Å². The molecule has 3 heteroatoms. The molecule has 0 radical (unpaired) electrons. The predicted octanol–water partition coefficient (Wildman–Crippen LogP) is 2.80. The number of likely N-dealkylation sites (N-methyl/N-ethyl adjacent to an activating group) is 1. The van der Waals surface area contributed by atoms with Crippen LogP contribution in [0, 0.1) is 5.41 Å². The smallest absolute Gasteiger partial charge is 0.0707 e. The molecule has 1 N–H and O–H groups in total. The topological polar surface area (TPSA) is 24.5 Å². The molecular formula is C17H32N2O. The largest absolute Gasteiger partial charge is 0.372 e. The van der Waals surface area contributed by atoms with Crippen molar-refractivity contribution in [3.63, 3.8) is 0 Å². The van der Waals surface area contributed by atoms with Gasteiger partial charge in [0.1, 0.15) is 0 Å². The summed E-state index contributed by atoms with van der Waals surface area (Å²) in [6, 6.07) is 0. The number of nitrogens with one attached hydrogen (secondary N) is 1. The molecule has 3 rings (SSSR count). The molecule has 1 aliphatic carbocycles. The second kappa shape index (κ2) is 6.76. The first-order valence-corrected chi connectivity index (χ1v) is 8.88. The van der Waals surface area contributed by atoms with Crippen LogP contribution in [0.3, 0.4) is 0 Å². The first-order valence-electron chi connectivity index (χ1n) is 8.88. The van der Waals surface area contributed by atoms with Crippen LogP contribution in [0.5, 0.6) is 0 Å². The van der Waals surface area contributed by atoms with E-state index in [4.69, 9.17) is 4.74 Å². The van der Waals surface area contributed by atoms with Gasteiger partial charge >= 0.3 is 0 Å². The van der Waals surface area contributed by atoms with Crippen LogP contribution in [0.25, 0.3) is 0 Å². The summed E-state index contributed by atoms with van der Waals surface area (Å²) in [5, 5.41) is 3.41. The van der Waals surface area contributed by atoms with Crippen LogP contribution in [-0.2, 0) is 4.74 Å². The molecule has 0 aromatic carbocycles. The van der Waals surface area contributed by atoms with Gasteiger partial charge in [0.25, 0.3) is 0 Å². The predicted molar refractivity (Wildman–Crippen MR) is 83.0 cm³/mol. The summed E-state index contributed by atoms with van der Waals surface area (Å²) in [5.41, 5.74) is 0.751. The number of nitrogens with zero attached hydrogens (tertiary/aromatic N) is 1. The summed E-state index contributed by atoms with van der Waals surface area (Å²) in [6.07, 6.45) is 12.3. The van der Waals surface area contributed by atoms with Crippen LogP contribution in [0.2, 0.25) is 0 Å². The Labute approximate surface area is 124 Å². The second-order valence-electron chi connectivity index (χ2n) is 7.27. The molecule has 3 fully saturated rings. The van der Waals surface area contributed by atoms with Crippen molar-refractivity contribution >= 4 is 0 Å². The third-order valence-electron chi connectivity index (χ3n) is 5.86. The minimum atomic E-state index is 0.464. The molecule has 2 unspecified atom stereocenters. The van der Waals surface area contributed by atoms with E-state index in [1.165, 1.54) is 71.0 Å². The van der Waals surface area contributed by atoms with E-state index >= 15 is 0 Å². The minimum Gasteiger partial charge on any atom is -0.372 e. The Hall–Kier alpha value is -0.120. The molecule has 0 bridgehead atoms. The Morgan fingerprint density at radius 1 is 1.05 bits per heavy atom. The molecule has 0 amide bonds. The van der Waals surface area contributed by atoms with Crippen molar-refractivity contribution in [2.24, 2.45) is 5.41 Å². The molecule has 2 heterocycles. The zero-order valence-corrected chi connectivity index (χ0v) is 13.2. The maximum Gasteiger partial charge on any atom is 0.0707 e. The lowest BCUT2D eigenvalue weighted by molar-refractivity contribution is 0.00850. The summed E-state index contributed by atoms with van der Waals surface area (Å²) < 4.78 is 6.18. The number of likely N-dealkylation sites (tertiary alicyclic amines) is 1. The van der Waals surface area contributed by atoms with Crippen LogP contribution >= 0.6 is 0 Å². The lowest BCUT2D eigenvalue weighted by atomic mass is 9.77.